The molecule has 1 aromatic heterocycles. The van der Waals surface area contributed by atoms with Crippen LogP contribution < -0.4 is 10.1 Å². The SMILES string of the molecule is COc1ccc2[nH]c(C)c(CCC3=NCCN3)c2c1.Cc1ccc(S(=O)(=O)O)cc1. The number of hydrogen-bond acceptors (Lipinski definition) is 5. The first-order chi connectivity index (χ1) is 14.3. The molecule has 1 aliphatic rings. The summed E-state index contributed by atoms with van der Waals surface area (Å²) in [7, 11) is -2.31. The Morgan fingerprint density at radius 1 is 1.10 bits per heavy atom. The quantitative estimate of drug-likeness (QED) is 0.537. The first kappa shape index (κ1) is 21.9. The second kappa shape index (κ2) is 9.32. The Balaban J connectivity index is 0.000000199. The lowest BCUT2D eigenvalue weighted by Crippen LogP contribution is -2.18. The summed E-state index contributed by atoms with van der Waals surface area (Å²) in [5.41, 5.74) is 4.74. The molecular formula is C22H27N3O4S. The van der Waals surface area contributed by atoms with E-state index in [0.29, 0.717) is 0 Å². The zero-order chi connectivity index (χ0) is 21.7. The number of H-pyrrole nitrogens is 1. The van der Waals surface area contributed by atoms with E-state index in [1.807, 2.05) is 13.0 Å². The van der Waals surface area contributed by atoms with Gasteiger partial charge in [-0.1, -0.05) is 17.7 Å². The van der Waals surface area contributed by atoms with Gasteiger partial charge < -0.3 is 15.0 Å². The van der Waals surface area contributed by atoms with E-state index in [0.717, 1.165) is 43.1 Å². The van der Waals surface area contributed by atoms with E-state index in [-0.39, 0.29) is 4.90 Å². The molecule has 3 N–H and O–H groups in total. The first-order valence-corrected chi connectivity index (χ1v) is 11.2. The van der Waals surface area contributed by atoms with Crippen molar-refractivity contribution < 1.29 is 17.7 Å². The van der Waals surface area contributed by atoms with Gasteiger partial charge in [0.05, 0.1) is 24.4 Å². The van der Waals surface area contributed by atoms with E-state index in [9.17, 15) is 8.42 Å². The number of rotatable bonds is 5. The van der Waals surface area contributed by atoms with Crippen LogP contribution in [0.25, 0.3) is 10.9 Å². The number of nitrogens with zero attached hydrogens (tertiary/aromatic N) is 1. The Morgan fingerprint density at radius 3 is 2.43 bits per heavy atom. The van der Waals surface area contributed by atoms with Crippen molar-refractivity contribution in [2.75, 3.05) is 20.2 Å². The molecule has 4 rings (SSSR count). The lowest BCUT2D eigenvalue weighted by atomic mass is 10.1. The van der Waals surface area contributed by atoms with Crippen LogP contribution in [-0.4, -0.2) is 44.0 Å². The molecule has 0 unspecified atom stereocenters. The van der Waals surface area contributed by atoms with E-state index < -0.39 is 10.1 Å². The molecule has 2 heterocycles. The molecule has 2 aromatic carbocycles. The predicted molar refractivity (Wildman–Crippen MR) is 119 cm³/mol. The maximum atomic E-state index is 10.5. The highest BCUT2D eigenvalue weighted by Crippen LogP contribution is 2.27. The largest absolute Gasteiger partial charge is 0.497 e. The van der Waals surface area contributed by atoms with Crippen molar-refractivity contribution in [3.05, 3.63) is 59.3 Å². The number of aryl methyl sites for hydroxylation is 3. The number of nitrogens with one attached hydrogen (secondary N) is 2. The van der Waals surface area contributed by atoms with E-state index in [4.69, 9.17) is 9.29 Å². The van der Waals surface area contributed by atoms with Crippen LogP contribution in [0.5, 0.6) is 5.75 Å². The fourth-order valence-corrected chi connectivity index (χ4v) is 3.86. The molecule has 0 saturated carbocycles. The minimum Gasteiger partial charge on any atom is -0.497 e. The molecule has 0 aliphatic carbocycles. The molecule has 0 radical (unpaired) electrons. The number of fused-ring (bicyclic) bond motifs is 1. The highest BCUT2D eigenvalue weighted by atomic mass is 32.2. The molecule has 8 heteroatoms. The van der Waals surface area contributed by atoms with Gasteiger partial charge in [-0.05, 0) is 56.2 Å². The second-order valence-electron chi connectivity index (χ2n) is 7.18. The zero-order valence-electron chi connectivity index (χ0n) is 17.4. The van der Waals surface area contributed by atoms with Gasteiger partial charge >= 0.3 is 0 Å². The van der Waals surface area contributed by atoms with E-state index in [1.54, 1.807) is 19.2 Å². The van der Waals surface area contributed by atoms with E-state index in [2.05, 4.69) is 34.3 Å². The summed E-state index contributed by atoms with van der Waals surface area (Å²) in [6, 6.07) is 12.2. The molecule has 0 amide bonds. The maximum Gasteiger partial charge on any atom is 0.294 e. The van der Waals surface area contributed by atoms with Crippen molar-refractivity contribution in [2.24, 2.45) is 4.99 Å². The van der Waals surface area contributed by atoms with Gasteiger partial charge in [-0.2, -0.15) is 8.42 Å². The molecule has 160 valence electrons. The van der Waals surface area contributed by atoms with Crippen molar-refractivity contribution >= 4 is 26.9 Å². The van der Waals surface area contributed by atoms with Crippen LogP contribution in [-0.2, 0) is 16.5 Å². The van der Waals surface area contributed by atoms with E-state index in [1.165, 1.54) is 34.3 Å². The van der Waals surface area contributed by atoms with Crippen molar-refractivity contribution in [1.82, 2.24) is 10.3 Å². The lowest BCUT2D eigenvalue weighted by molar-refractivity contribution is 0.415. The monoisotopic (exact) mass is 429 g/mol. The number of aromatic nitrogens is 1. The average molecular weight is 430 g/mol. The summed E-state index contributed by atoms with van der Waals surface area (Å²) < 4.78 is 34.9. The van der Waals surface area contributed by atoms with Gasteiger partial charge in [-0.3, -0.25) is 9.55 Å². The third-order valence-corrected chi connectivity index (χ3v) is 5.87. The normalized spacial score (nSPS) is 13.4. The summed E-state index contributed by atoms with van der Waals surface area (Å²) in [4.78, 5) is 7.82. The van der Waals surface area contributed by atoms with Gasteiger partial charge in [0.1, 0.15) is 5.75 Å². The molecule has 0 saturated heterocycles. The molecule has 0 atom stereocenters. The molecule has 30 heavy (non-hydrogen) atoms. The number of aliphatic imine (C=N–C) groups is 1. The summed E-state index contributed by atoms with van der Waals surface area (Å²) in [5, 5.41) is 4.58. The molecular weight excluding hydrogens is 402 g/mol. The minimum atomic E-state index is -4.02. The molecule has 7 nitrogen and oxygen atoms in total. The van der Waals surface area contributed by atoms with Crippen molar-refractivity contribution in [3.63, 3.8) is 0 Å². The fourth-order valence-electron chi connectivity index (χ4n) is 3.38. The Bertz CT molecular complexity index is 1150. The Labute approximate surface area is 176 Å². The third-order valence-electron chi connectivity index (χ3n) is 5.00. The van der Waals surface area contributed by atoms with Gasteiger partial charge in [0.2, 0.25) is 0 Å². The van der Waals surface area contributed by atoms with E-state index >= 15 is 0 Å². The Morgan fingerprint density at radius 2 is 1.83 bits per heavy atom. The number of hydrogen-bond donors (Lipinski definition) is 3. The lowest BCUT2D eigenvalue weighted by Gasteiger charge is -2.04. The third kappa shape index (κ3) is 5.40. The average Bonchev–Trinajstić information content (AvgIpc) is 3.33. The smallest absolute Gasteiger partial charge is 0.294 e. The maximum absolute atomic E-state index is 10.5. The van der Waals surface area contributed by atoms with Gasteiger partial charge in [0.25, 0.3) is 10.1 Å². The van der Waals surface area contributed by atoms with Gasteiger partial charge in [-0.25, -0.2) is 0 Å². The van der Waals surface area contributed by atoms with Crippen LogP contribution in [0.2, 0.25) is 0 Å². The second-order valence-corrected chi connectivity index (χ2v) is 8.60. The molecule has 0 fully saturated rings. The Hall–Kier alpha value is -2.84. The summed E-state index contributed by atoms with van der Waals surface area (Å²) >= 11 is 0. The zero-order valence-corrected chi connectivity index (χ0v) is 18.2. The predicted octanol–water partition coefficient (Wildman–Crippen LogP) is 3.66. The number of benzene rings is 2. The standard InChI is InChI=1S/C15H19N3O.C7H8O3S/c1-10-12(4-6-15-16-7-8-17-15)13-9-11(19-2)3-5-14(13)18-10;1-6-2-4-7(5-3-6)11(8,9)10/h3,5,9,18H,4,6-8H2,1-2H3,(H,16,17);2-5H,1H3,(H,8,9,10). The number of methoxy groups -OCH3 is 1. The summed E-state index contributed by atoms with van der Waals surface area (Å²) in [6.07, 6.45) is 1.98. The number of ether oxygens (including phenoxy) is 1. The number of aromatic amines is 1. The van der Waals surface area contributed by atoms with Crippen LogP contribution in [0, 0.1) is 13.8 Å². The topological polar surface area (TPSA) is 104 Å². The minimum absolute atomic E-state index is 0.0666. The highest BCUT2D eigenvalue weighted by molar-refractivity contribution is 7.85. The molecule has 0 spiro atoms. The van der Waals surface area contributed by atoms with Crippen LogP contribution in [0.15, 0.2) is 52.4 Å². The Kier molecular flexibility index (Phi) is 6.79. The molecule has 0 bridgehead atoms. The molecule has 1 aliphatic heterocycles. The summed E-state index contributed by atoms with van der Waals surface area (Å²) in [5.74, 6) is 2.04. The number of amidine groups is 1. The van der Waals surface area contributed by atoms with Crippen LogP contribution in [0.3, 0.4) is 0 Å². The van der Waals surface area contributed by atoms with Crippen LogP contribution in [0.1, 0.15) is 23.2 Å². The van der Waals surface area contributed by atoms with Gasteiger partial charge in [0.15, 0.2) is 0 Å². The van der Waals surface area contributed by atoms with Crippen molar-refractivity contribution in [1.29, 1.82) is 0 Å². The van der Waals surface area contributed by atoms with Crippen molar-refractivity contribution in [2.45, 2.75) is 31.6 Å². The van der Waals surface area contributed by atoms with Crippen molar-refractivity contribution in [3.8, 4) is 5.75 Å². The van der Waals surface area contributed by atoms with Crippen LogP contribution >= 0.6 is 0 Å². The first-order valence-electron chi connectivity index (χ1n) is 9.74. The molecule has 3 aromatic rings. The fraction of sp³-hybridized carbons (Fsp3) is 0.318. The summed E-state index contributed by atoms with van der Waals surface area (Å²) in [6.45, 7) is 5.87. The van der Waals surface area contributed by atoms with Gasteiger partial charge in [0, 0.05) is 29.6 Å². The van der Waals surface area contributed by atoms with Gasteiger partial charge in [-0.15, -0.1) is 0 Å². The highest BCUT2D eigenvalue weighted by Gasteiger charge is 2.12. The van der Waals surface area contributed by atoms with Crippen LogP contribution in [0.4, 0.5) is 0 Å².